The summed E-state index contributed by atoms with van der Waals surface area (Å²) in [7, 11) is 0. The number of fused-ring (bicyclic) bond motifs is 9. The van der Waals surface area contributed by atoms with Crippen molar-refractivity contribution in [1.82, 2.24) is 15.0 Å². The highest BCUT2D eigenvalue weighted by Crippen LogP contribution is 2.42. The van der Waals surface area contributed by atoms with Crippen LogP contribution in [0.15, 0.2) is 176 Å². The van der Waals surface area contributed by atoms with Gasteiger partial charge >= 0.3 is 0 Å². The summed E-state index contributed by atoms with van der Waals surface area (Å²) in [6.45, 7) is 0. The first-order valence-corrected chi connectivity index (χ1v) is 18.7. The largest absolute Gasteiger partial charge is 0.208 e. The Labute approximate surface area is 309 Å². The standard InChI is InChI=1S/C49H29N3S/c1-3-17-34-31(13-1)28-42(39-21-7-5-19-37(34)39)48-50-47(51-49(52-48)43-29-32-14-2-4-18-35(32)38-20-6-8-22-40(38)43)33-16-11-15-30(27-33)36-24-12-26-45-46(36)41-23-9-10-25-44(41)53-45/h1-29H. The first-order chi connectivity index (χ1) is 26.3. The van der Waals surface area contributed by atoms with Crippen LogP contribution in [0.25, 0.3) is 109 Å². The molecule has 0 spiro atoms. The molecule has 0 fully saturated rings. The molecule has 3 nitrogen and oxygen atoms in total. The maximum atomic E-state index is 5.34. The molecule has 11 rings (SSSR count). The van der Waals surface area contributed by atoms with E-state index in [0.29, 0.717) is 17.5 Å². The van der Waals surface area contributed by atoms with Crippen LogP contribution < -0.4 is 0 Å². The van der Waals surface area contributed by atoms with E-state index in [-0.39, 0.29) is 0 Å². The molecule has 0 aliphatic carbocycles. The predicted octanol–water partition coefficient (Wildman–Crippen LogP) is 13.5. The van der Waals surface area contributed by atoms with E-state index < -0.39 is 0 Å². The average molecular weight is 692 g/mol. The van der Waals surface area contributed by atoms with Crippen molar-refractivity contribution in [3.63, 3.8) is 0 Å². The molecule has 0 aliphatic rings. The third-order valence-electron chi connectivity index (χ3n) is 10.5. The second kappa shape index (κ2) is 11.9. The van der Waals surface area contributed by atoms with E-state index in [0.717, 1.165) is 43.8 Å². The van der Waals surface area contributed by atoms with Gasteiger partial charge in [0.2, 0.25) is 0 Å². The van der Waals surface area contributed by atoms with Crippen molar-refractivity contribution >= 4 is 74.6 Å². The maximum Gasteiger partial charge on any atom is 0.164 e. The highest BCUT2D eigenvalue weighted by molar-refractivity contribution is 7.25. The quantitative estimate of drug-likeness (QED) is 0.172. The first-order valence-electron chi connectivity index (χ1n) is 17.9. The van der Waals surface area contributed by atoms with Crippen LogP contribution in [0.3, 0.4) is 0 Å². The van der Waals surface area contributed by atoms with E-state index in [1.165, 1.54) is 47.3 Å². The van der Waals surface area contributed by atoms with E-state index in [1.54, 1.807) is 0 Å². The Hall–Kier alpha value is -6.75. The summed E-state index contributed by atoms with van der Waals surface area (Å²) in [5, 5.41) is 11.9. The van der Waals surface area contributed by atoms with Crippen LogP contribution in [0.2, 0.25) is 0 Å². The summed E-state index contributed by atoms with van der Waals surface area (Å²) < 4.78 is 2.58. The minimum absolute atomic E-state index is 0.642. The minimum atomic E-state index is 0.642. The number of rotatable bonds is 4. The van der Waals surface area contributed by atoms with Crippen LogP contribution in [-0.2, 0) is 0 Å². The van der Waals surface area contributed by atoms with Crippen LogP contribution in [-0.4, -0.2) is 15.0 Å². The second-order valence-corrected chi connectivity index (χ2v) is 14.6. The lowest BCUT2D eigenvalue weighted by Gasteiger charge is -2.14. The van der Waals surface area contributed by atoms with Crippen molar-refractivity contribution in [2.45, 2.75) is 0 Å². The second-order valence-electron chi connectivity index (χ2n) is 13.5. The zero-order valence-corrected chi connectivity index (χ0v) is 29.3. The van der Waals surface area contributed by atoms with Crippen LogP contribution in [0.5, 0.6) is 0 Å². The fourth-order valence-electron chi connectivity index (χ4n) is 8.07. The van der Waals surface area contributed by atoms with E-state index in [9.17, 15) is 0 Å². The van der Waals surface area contributed by atoms with Gasteiger partial charge in [-0.15, -0.1) is 11.3 Å². The SMILES string of the molecule is c1cc(-c2nc(-c3cc4ccccc4c4ccccc34)nc(-c3cc4ccccc4c4ccccc34)n2)cc(-c2cccc3sc4ccccc4c23)c1. The molecule has 11 aromatic rings. The topological polar surface area (TPSA) is 38.7 Å². The Balaban J connectivity index is 1.19. The number of hydrogen-bond donors (Lipinski definition) is 0. The zero-order valence-electron chi connectivity index (χ0n) is 28.5. The average Bonchev–Trinajstić information content (AvgIpc) is 3.62. The summed E-state index contributed by atoms with van der Waals surface area (Å²) in [5.41, 5.74) is 5.25. The monoisotopic (exact) mass is 691 g/mol. The van der Waals surface area contributed by atoms with Gasteiger partial charge in [-0.2, -0.15) is 0 Å². The Bertz CT molecular complexity index is 3110. The number of benzene rings is 9. The lowest BCUT2D eigenvalue weighted by molar-refractivity contribution is 1.08. The zero-order chi connectivity index (χ0) is 34.9. The number of aromatic nitrogens is 3. The molecular weight excluding hydrogens is 663 g/mol. The molecule has 0 saturated carbocycles. The van der Waals surface area contributed by atoms with E-state index in [2.05, 4.69) is 176 Å². The van der Waals surface area contributed by atoms with Crippen molar-refractivity contribution in [3.05, 3.63) is 176 Å². The summed E-state index contributed by atoms with van der Waals surface area (Å²) in [5.74, 6) is 1.95. The molecular formula is C49H29N3S. The number of thiophene rings is 1. The van der Waals surface area contributed by atoms with Crippen molar-refractivity contribution in [1.29, 1.82) is 0 Å². The van der Waals surface area contributed by atoms with Crippen molar-refractivity contribution in [2.75, 3.05) is 0 Å². The van der Waals surface area contributed by atoms with Gasteiger partial charge in [-0.3, -0.25) is 0 Å². The molecule has 246 valence electrons. The normalized spacial score (nSPS) is 11.8. The third-order valence-corrected chi connectivity index (χ3v) is 11.6. The Kier molecular flexibility index (Phi) is 6.73. The lowest BCUT2D eigenvalue weighted by atomic mass is 9.95. The molecule has 2 aromatic heterocycles. The molecule has 2 heterocycles. The molecule has 53 heavy (non-hydrogen) atoms. The fourth-order valence-corrected chi connectivity index (χ4v) is 9.20. The molecule has 0 unspecified atom stereocenters. The highest BCUT2D eigenvalue weighted by Gasteiger charge is 2.19. The fraction of sp³-hybridized carbons (Fsp3) is 0. The van der Waals surface area contributed by atoms with Gasteiger partial charge in [0.1, 0.15) is 0 Å². The Morgan fingerprint density at radius 3 is 1.42 bits per heavy atom. The van der Waals surface area contributed by atoms with Gasteiger partial charge in [0.05, 0.1) is 0 Å². The van der Waals surface area contributed by atoms with Gasteiger partial charge in [-0.05, 0) is 84.5 Å². The van der Waals surface area contributed by atoms with E-state index in [1.807, 2.05) is 11.3 Å². The lowest BCUT2D eigenvalue weighted by Crippen LogP contribution is -2.01. The summed E-state index contributed by atoms with van der Waals surface area (Å²) in [6.07, 6.45) is 0. The molecule has 0 radical (unpaired) electrons. The summed E-state index contributed by atoms with van der Waals surface area (Å²) >= 11 is 1.84. The van der Waals surface area contributed by atoms with Crippen LogP contribution >= 0.6 is 11.3 Å². The van der Waals surface area contributed by atoms with Crippen LogP contribution in [0.1, 0.15) is 0 Å². The van der Waals surface area contributed by atoms with Gasteiger partial charge in [0.15, 0.2) is 17.5 Å². The van der Waals surface area contributed by atoms with Gasteiger partial charge in [-0.25, -0.2) is 15.0 Å². The van der Waals surface area contributed by atoms with E-state index >= 15 is 0 Å². The maximum absolute atomic E-state index is 5.34. The van der Waals surface area contributed by atoms with Crippen molar-refractivity contribution < 1.29 is 0 Å². The molecule has 4 heteroatoms. The molecule has 0 bridgehead atoms. The smallest absolute Gasteiger partial charge is 0.164 e. The third kappa shape index (κ3) is 4.84. The van der Waals surface area contributed by atoms with Crippen LogP contribution in [0, 0.1) is 0 Å². The molecule has 0 aliphatic heterocycles. The van der Waals surface area contributed by atoms with Gasteiger partial charge in [0, 0.05) is 36.9 Å². The van der Waals surface area contributed by atoms with Gasteiger partial charge in [-0.1, -0.05) is 146 Å². The van der Waals surface area contributed by atoms with Gasteiger partial charge < -0.3 is 0 Å². The van der Waals surface area contributed by atoms with Gasteiger partial charge in [0.25, 0.3) is 0 Å². The van der Waals surface area contributed by atoms with Crippen molar-refractivity contribution in [2.24, 2.45) is 0 Å². The predicted molar refractivity (Wildman–Crippen MR) is 224 cm³/mol. The van der Waals surface area contributed by atoms with E-state index in [4.69, 9.17) is 15.0 Å². The number of nitrogens with zero attached hydrogens (tertiary/aromatic N) is 3. The highest BCUT2D eigenvalue weighted by atomic mass is 32.1. The molecule has 0 N–H and O–H groups in total. The molecule has 0 saturated heterocycles. The minimum Gasteiger partial charge on any atom is -0.208 e. The van der Waals surface area contributed by atoms with Crippen LogP contribution in [0.4, 0.5) is 0 Å². The molecule has 9 aromatic carbocycles. The Morgan fingerprint density at radius 2 is 0.774 bits per heavy atom. The number of hydrogen-bond acceptors (Lipinski definition) is 4. The summed E-state index contributed by atoms with van der Waals surface area (Å²) in [4.78, 5) is 16.0. The first kappa shape index (κ1) is 29.9. The Morgan fingerprint density at radius 1 is 0.302 bits per heavy atom. The molecule has 0 atom stereocenters. The van der Waals surface area contributed by atoms with Crippen molar-refractivity contribution in [3.8, 4) is 45.3 Å². The summed E-state index contributed by atoms with van der Waals surface area (Å²) in [6, 6.07) is 62.7. The molecule has 0 amide bonds.